The highest BCUT2D eigenvalue weighted by Gasteiger charge is 2.25. The molecule has 0 spiro atoms. The molecule has 2 N–H and O–H groups in total. The average Bonchev–Trinajstić information content (AvgIpc) is 3.25. The van der Waals surface area contributed by atoms with Gasteiger partial charge in [0, 0.05) is 73.0 Å². The molecular weight excluding hydrogens is 879 g/mol. The van der Waals surface area contributed by atoms with Crippen LogP contribution in [0.4, 0.5) is 0 Å². The number of nitrogens with zero attached hydrogens (tertiary/aromatic N) is 3. The molecule has 376 valence electrons. The van der Waals surface area contributed by atoms with Gasteiger partial charge in [-0.25, -0.2) is 4.79 Å². The summed E-state index contributed by atoms with van der Waals surface area (Å²) in [5.41, 5.74) is 3.36. The largest absolute Gasteiger partial charge is 0.480 e. The molecule has 69 heavy (non-hydrogen) atoms. The van der Waals surface area contributed by atoms with Crippen LogP contribution in [0.15, 0.2) is 116 Å². The molecule has 0 aromatic carbocycles. The third-order valence-electron chi connectivity index (χ3n) is 11.2. The van der Waals surface area contributed by atoms with Crippen LogP contribution in [-0.2, 0) is 48.4 Å². The fraction of sp³-hybridized carbons (Fsp3) is 0.473. The van der Waals surface area contributed by atoms with Gasteiger partial charge in [-0.2, -0.15) is 0 Å². The number of aryl methyl sites for hydroxylation is 1. The minimum Gasteiger partial charge on any atom is -0.480 e. The maximum absolute atomic E-state index is 12.2. The molecule has 0 aliphatic heterocycles. The Balaban J connectivity index is 0.000000435. The lowest BCUT2D eigenvalue weighted by Crippen LogP contribution is -2.34. The van der Waals surface area contributed by atoms with E-state index in [1.807, 2.05) is 126 Å². The lowest BCUT2D eigenvalue weighted by molar-refractivity contribution is -0.138. The van der Waals surface area contributed by atoms with Crippen LogP contribution in [0.25, 0.3) is 0 Å². The predicted molar refractivity (Wildman–Crippen MR) is 272 cm³/mol. The molecule has 3 aromatic heterocycles. The number of carbonyl (C=O) groups is 6. The second-order valence-electron chi connectivity index (χ2n) is 19.2. The number of allylic oxidation sites excluding steroid dienone is 6. The summed E-state index contributed by atoms with van der Waals surface area (Å²) in [6.07, 6.45) is 14.9. The van der Waals surface area contributed by atoms with Crippen molar-refractivity contribution in [1.82, 2.24) is 13.7 Å². The van der Waals surface area contributed by atoms with Gasteiger partial charge in [0.25, 0.3) is 16.7 Å². The molecule has 0 saturated carbocycles. The number of carboxylic acids is 2. The number of hydrogen-bond donors (Lipinski definition) is 2. The number of hydrogen-bond acceptors (Lipinski definition) is 9. The van der Waals surface area contributed by atoms with Crippen LogP contribution in [0.5, 0.6) is 0 Å². The minimum absolute atomic E-state index is 0.0109. The smallest absolute Gasteiger partial charge is 0.335 e. The number of rotatable bonds is 14. The lowest BCUT2D eigenvalue weighted by Gasteiger charge is -2.22. The molecule has 2 aliphatic carbocycles. The van der Waals surface area contributed by atoms with E-state index in [0.717, 1.165) is 16.7 Å². The summed E-state index contributed by atoms with van der Waals surface area (Å²) in [5, 5.41) is 17.3. The monoisotopic (exact) mass is 954 g/mol. The Morgan fingerprint density at radius 2 is 1.04 bits per heavy atom. The van der Waals surface area contributed by atoms with Crippen molar-refractivity contribution in [3.63, 3.8) is 0 Å². The Morgan fingerprint density at radius 1 is 0.609 bits per heavy atom. The van der Waals surface area contributed by atoms with Crippen molar-refractivity contribution in [3.05, 3.63) is 150 Å². The number of Topliss-reactive ketones (excluding diaryl/α,β-unsaturated/α-hetero) is 4. The van der Waals surface area contributed by atoms with Gasteiger partial charge in [-0.05, 0) is 78.9 Å². The van der Waals surface area contributed by atoms with Crippen LogP contribution in [0.2, 0.25) is 0 Å². The second-order valence-corrected chi connectivity index (χ2v) is 19.2. The molecule has 3 heterocycles. The maximum atomic E-state index is 12.2. The van der Waals surface area contributed by atoms with Crippen LogP contribution in [0.3, 0.4) is 0 Å². The summed E-state index contributed by atoms with van der Waals surface area (Å²) in [7, 11) is 0. The Kier molecular flexibility index (Phi) is 25.1. The van der Waals surface area contributed by atoms with Crippen molar-refractivity contribution in [3.8, 4) is 0 Å². The van der Waals surface area contributed by atoms with Gasteiger partial charge in [-0.1, -0.05) is 126 Å². The standard InChI is InChI=1S/C14H21NO2.C12H17NO2.C10H13NO3.C10H12O3.C9H12O/c1-10(2)12-7-6-8-15(13(12)17)9-14(4,5)11(3)16;1-9(2)11-5-4-7-13(12(11)15)8-6-10(3)14;1-7(2)8-4-3-5-11(10(8)14)6-9(12)13;1-6(2)8-5-7(10(12)13)3-4-9(8)11;1-7(2)8-5-3-4-6-9(8)10/h6-8,10H,9H2,1-5H3;4-5,7,9H,6,8H2,1-3H3;3-5,7H,6H2,1-2H3,(H,12,13);3,5-6H,4H2,1-2H3,(H,12,13);3-5,7H,6H2,1-2H3. The van der Waals surface area contributed by atoms with Gasteiger partial charge >= 0.3 is 11.9 Å². The third-order valence-corrected chi connectivity index (χ3v) is 11.2. The molecule has 0 saturated heterocycles. The first-order chi connectivity index (χ1) is 32.0. The molecule has 2 aliphatic rings. The molecule has 0 radical (unpaired) electrons. The molecule has 3 aromatic rings. The minimum atomic E-state index is -1.01. The second kappa shape index (κ2) is 28.7. The van der Waals surface area contributed by atoms with Gasteiger partial charge in [0.1, 0.15) is 18.1 Å². The summed E-state index contributed by atoms with van der Waals surface area (Å²) in [6, 6.07) is 10.8. The number of aromatic nitrogens is 3. The van der Waals surface area contributed by atoms with E-state index in [2.05, 4.69) is 0 Å². The highest BCUT2D eigenvalue weighted by Crippen LogP contribution is 2.22. The van der Waals surface area contributed by atoms with Gasteiger partial charge in [-0.3, -0.25) is 38.4 Å². The predicted octanol–water partition coefficient (Wildman–Crippen LogP) is 9.24. The molecule has 0 bridgehead atoms. The average molecular weight is 954 g/mol. The van der Waals surface area contributed by atoms with E-state index in [1.165, 1.54) is 29.8 Å². The summed E-state index contributed by atoms with van der Waals surface area (Å²) in [5.74, 6) is -0.457. The van der Waals surface area contributed by atoms with Crippen molar-refractivity contribution >= 4 is 35.1 Å². The van der Waals surface area contributed by atoms with Crippen molar-refractivity contribution in [1.29, 1.82) is 0 Å². The number of carbonyl (C=O) groups excluding carboxylic acids is 4. The maximum Gasteiger partial charge on any atom is 0.335 e. The summed E-state index contributed by atoms with van der Waals surface area (Å²) >= 11 is 0. The third kappa shape index (κ3) is 20.3. The number of carboxylic acid groups (broad SMARTS) is 2. The van der Waals surface area contributed by atoms with Crippen molar-refractivity contribution < 1.29 is 39.0 Å². The Bertz CT molecular complexity index is 2590. The Morgan fingerprint density at radius 3 is 1.43 bits per heavy atom. The topological polar surface area (TPSA) is 209 Å². The molecule has 0 amide bonds. The van der Waals surface area contributed by atoms with Crippen LogP contribution in [-0.4, -0.2) is 59.0 Å². The van der Waals surface area contributed by atoms with Crippen molar-refractivity contribution in [2.75, 3.05) is 0 Å². The molecule has 5 rings (SSSR count). The first kappa shape index (κ1) is 60.4. The van der Waals surface area contributed by atoms with E-state index < -0.39 is 17.4 Å². The zero-order valence-corrected chi connectivity index (χ0v) is 43.1. The molecule has 0 atom stereocenters. The molecular formula is C55H75N3O11. The summed E-state index contributed by atoms with van der Waals surface area (Å²) in [4.78, 5) is 101. The fourth-order valence-corrected chi connectivity index (χ4v) is 6.71. The van der Waals surface area contributed by atoms with Crippen molar-refractivity contribution in [2.24, 2.45) is 17.3 Å². The summed E-state index contributed by atoms with van der Waals surface area (Å²) < 4.78 is 4.45. The number of aliphatic carboxylic acids is 2. The highest BCUT2D eigenvalue weighted by molar-refractivity contribution is 6.03. The summed E-state index contributed by atoms with van der Waals surface area (Å²) in [6.45, 7) is 27.1. The van der Waals surface area contributed by atoms with E-state index in [9.17, 15) is 43.2 Å². The van der Waals surface area contributed by atoms with Gasteiger partial charge in [0.15, 0.2) is 11.6 Å². The zero-order valence-electron chi connectivity index (χ0n) is 43.1. The fourth-order valence-electron chi connectivity index (χ4n) is 6.71. The first-order valence-corrected chi connectivity index (χ1v) is 23.4. The molecule has 0 unspecified atom stereocenters. The highest BCUT2D eigenvalue weighted by atomic mass is 16.4. The van der Waals surface area contributed by atoms with Crippen LogP contribution < -0.4 is 16.7 Å². The van der Waals surface area contributed by atoms with Gasteiger partial charge < -0.3 is 23.9 Å². The SMILES string of the molecule is CC(=O)C(C)(C)Cn1cccc(C(C)C)c1=O.CC(=O)CCn1cccc(C(C)C)c1=O.CC(C)C1=CC(C(=O)O)=CCC1=O.CC(C)C1=CC=CCC1=O.CC(C)c1cccn(CC(=O)O)c1=O. The number of pyridine rings is 3. The number of ketones is 4. The van der Waals surface area contributed by atoms with E-state index in [4.69, 9.17) is 10.2 Å². The lowest BCUT2D eigenvalue weighted by atomic mass is 9.89. The van der Waals surface area contributed by atoms with Crippen LogP contribution in [0.1, 0.15) is 151 Å². The van der Waals surface area contributed by atoms with E-state index >= 15 is 0 Å². The Labute approximate surface area is 407 Å². The van der Waals surface area contributed by atoms with Gasteiger partial charge in [-0.15, -0.1) is 0 Å². The van der Waals surface area contributed by atoms with E-state index in [-0.39, 0.29) is 82.0 Å². The normalized spacial score (nSPS) is 13.2. The van der Waals surface area contributed by atoms with Crippen LogP contribution >= 0.6 is 0 Å². The Hall–Kier alpha value is -6.57. The van der Waals surface area contributed by atoms with Gasteiger partial charge in [0.05, 0.1) is 5.57 Å². The molecule has 14 nitrogen and oxygen atoms in total. The van der Waals surface area contributed by atoms with Gasteiger partial charge in [0.2, 0.25) is 0 Å². The molecule has 0 fully saturated rings. The zero-order chi connectivity index (χ0) is 52.9. The first-order valence-electron chi connectivity index (χ1n) is 23.4. The van der Waals surface area contributed by atoms with Crippen molar-refractivity contribution in [2.45, 2.75) is 154 Å². The van der Waals surface area contributed by atoms with E-state index in [0.29, 0.717) is 43.0 Å². The molecule has 14 heteroatoms. The van der Waals surface area contributed by atoms with E-state index in [1.54, 1.807) is 40.6 Å². The quantitative estimate of drug-likeness (QED) is 0.156. The van der Waals surface area contributed by atoms with Crippen LogP contribution in [0, 0.1) is 17.3 Å².